The predicted molar refractivity (Wildman–Crippen MR) is 88.3 cm³/mol. The third-order valence-corrected chi connectivity index (χ3v) is 4.26. The lowest BCUT2D eigenvalue weighted by Crippen LogP contribution is -2.36. The zero-order valence-electron chi connectivity index (χ0n) is 12.1. The van der Waals surface area contributed by atoms with Crippen LogP contribution in [0.2, 0.25) is 10.0 Å². The van der Waals surface area contributed by atoms with Crippen molar-refractivity contribution in [2.75, 3.05) is 13.1 Å². The van der Waals surface area contributed by atoms with Gasteiger partial charge in [0.1, 0.15) is 0 Å². The van der Waals surface area contributed by atoms with Crippen LogP contribution in [-0.2, 0) is 0 Å². The average Bonchev–Trinajstić information content (AvgIpc) is 2.71. The van der Waals surface area contributed by atoms with Gasteiger partial charge < -0.3 is 10.6 Å². The summed E-state index contributed by atoms with van der Waals surface area (Å²) in [5, 5.41) is 7.37. The van der Waals surface area contributed by atoms with Crippen molar-refractivity contribution in [1.82, 2.24) is 10.6 Å². The smallest absolute Gasteiger partial charge is 0.251 e. The average molecular weight is 329 g/mol. The third kappa shape index (κ3) is 5.85. The Hall–Kier alpha value is -0.770. The van der Waals surface area contributed by atoms with Crippen LogP contribution in [0.1, 0.15) is 48.9 Å². The molecule has 5 heteroatoms. The van der Waals surface area contributed by atoms with Crippen molar-refractivity contribution < 1.29 is 4.79 Å². The van der Waals surface area contributed by atoms with Crippen LogP contribution in [0, 0.1) is 0 Å². The summed E-state index contributed by atoms with van der Waals surface area (Å²) >= 11 is 11.8. The van der Waals surface area contributed by atoms with Gasteiger partial charge in [0.2, 0.25) is 0 Å². The zero-order valence-corrected chi connectivity index (χ0v) is 13.6. The van der Waals surface area contributed by atoms with E-state index < -0.39 is 0 Å². The maximum atomic E-state index is 12.0. The van der Waals surface area contributed by atoms with E-state index in [1.165, 1.54) is 38.5 Å². The molecule has 0 unspecified atom stereocenters. The van der Waals surface area contributed by atoms with Gasteiger partial charge in [0, 0.05) is 34.7 Å². The van der Waals surface area contributed by atoms with E-state index in [1.54, 1.807) is 18.2 Å². The molecule has 116 valence electrons. The van der Waals surface area contributed by atoms with Gasteiger partial charge in [-0.15, -0.1) is 0 Å². The second-order valence-corrected chi connectivity index (χ2v) is 6.43. The second kappa shape index (κ2) is 8.62. The van der Waals surface area contributed by atoms with Crippen LogP contribution in [0.3, 0.4) is 0 Å². The molecule has 0 saturated heterocycles. The Morgan fingerprint density at radius 1 is 1.00 bits per heavy atom. The highest BCUT2D eigenvalue weighted by molar-refractivity contribution is 6.35. The summed E-state index contributed by atoms with van der Waals surface area (Å²) in [5.41, 5.74) is 0.502. The van der Waals surface area contributed by atoms with Crippen molar-refractivity contribution in [3.8, 4) is 0 Å². The fourth-order valence-corrected chi connectivity index (χ4v) is 3.25. The molecule has 2 rings (SSSR count). The molecule has 21 heavy (non-hydrogen) atoms. The van der Waals surface area contributed by atoms with Gasteiger partial charge in [-0.1, -0.05) is 48.9 Å². The molecule has 1 aliphatic carbocycles. The van der Waals surface area contributed by atoms with Crippen LogP contribution >= 0.6 is 23.2 Å². The first-order valence-corrected chi connectivity index (χ1v) is 8.38. The van der Waals surface area contributed by atoms with E-state index in [0.29, 0.717) is 28.2 Å². The number of hydrogen-bond donors (Lipinski definition) is 2. The molecular formula is C16H22Cl2N2O. The van der Waals surface area contributed by atoms with Crippen LogP contribution in [0.4, 0.5) is 0 Å². The maximum absolute atomic E-state index is 12.0. The monoisotopic (exact) mass is 328 g/mol. The number of rotatable bonds is 5. The Kier molecular flexibility index (Phi) is 6.81. The van der Waals surface area contributed by atoms with E-state index in [9.17, 15) is 4.79 Å². The highest BCUT2D eigenvalue weighted by Crippen LogP contribution is 2.19. The van der Waals surface area contributed by atoms with Crippen molar-refractivity contribution in [2.24, 2.45) is 0 Å². The van der Waals surface area contributed by atoms with Gasteiger partial charge in [0.05, 0.1) is 0 Å². The summed E-state index contributed by atoms with van der Waals surface area (Å²) in [6.07, 6.45) is 7.82. The first-order chi connectivity index (χ1) is 10.1. The van der Waals surface area contributed by atoms with E-state index in [-0.39, 0.29) is 5.91 Å². The summed E-state index contributed by atoms with van der Waals surface area (Å²) in [6.45, 7) is 1.41. The van der Waals surface area contributed by atoms with E-state index in [2.05, 4.69) is 10.6 Å². The lowest BCUT2D eigenvalue weighted by Gasteiger charge is -2.16. The molecule has 0 radical (unpaired) electrons. The van der Waals surface area contributed by atoms with Gasteiger partial charge in [-0.05, 0) is 31.0 Å². The molecule has 1 aromatic carbocycles. The van der Waals surface area contributed by atoms with Gasteiger partial charge in [-0.2, -0.15) is 0 Å². The summed E-state index contributed by atoms with van der Waals surface area (Å²) in [7, 11) is 0. The number of halogens is 2. The van der Waals surface area contributed by atoms with Gasteiger partial charge in [0.15, 0.2) is 0 Å². The first-order valence-electron chi connectivity index (χ1n) is 7.63. The molecular weight excluding hydrogens is 307 g/mol. The summed E-state index contributed by atoms with van der Waals surface area (Å²) < 4.78 is 0. The fraction of sp³-hybridized carbons (Fsp3) is 0.562. The van der Waals surface area contributed by atoms with Crippen molar-refractivity contribution in [3.05, 3.63) is 33.8 Å². The van der Waals surface area contributed by atoms with Crippen molar-refractivity contribution in [1.29, 1.82) is 0 Å². The fourth-order valence-electron chi connectivity index (χ4n) is 2.72. The lowest BCUT2D eigenvalue weighted by molar-refractivity contribution is 0.0953. The van der Waals surface area contributed by atoms with Crippen LogP contribution in [0.25, 0.3) is 0 Å². The van der Waals surface area contributed by atoms with Gasteiger partial charge in [-0.25, -0.2) is 0 Å². The van der Waals surface area contributed by atoms with Crippen LogP contribution < -0.4 is 10.6 Å². The molecule has 0 aromatic heterocycles. The van der Waals surface area contributed by atoms with E-state index in [0.717, 1.165) is 6.54 Å². The van der Waals surface area contributed by atoms with Crippen LogP contribution in [0.5, 0.6) is 0 Å². The second-order valence-electron chi connectivity index (χ2n) is 5.56. The standard InChI is InChI=1S/C16H22Cl2N2O/c17-13-9-12(10-14(18)11-13)16(21)20-8-7-19-15-5-3-1-2-4-6-15/h9-11,15,19H,1-8H2,(H,20,21). The van der Waals surface area contributed by atoms with Crippen LogP contribution in [0.15, 0.2) is 18.2 Å². The number of nitrogens with one attached hydrogen (secondary N) is 2. The zero-order chi connectivity index (χ0) is 15.1. The Morgan fingerprint density at radius 2 is 1.62 bits per heavy atom. The van der Waals surface area contributed by atoms with Gasteiger partial charge >= 0.3 is 0 Å². The Morgan fingerprint density at radius 3 is 2.24 bits per heavy atom. The molecule has 0 heterocycles. The van der Waals surface area contributed by atoms with Gasteiger partial charge in [-0.3, -0.25) is 4.79 Å². The van der Waals surface area contributed by atoms with Crippen molar-refractivity contribution in [3.63, 3.8) is 0 Å². The quantitative estimate of drug-likeness (QED) is 0.632. The van der Waals surface area contributed by atoms with Crippen LogP contribution in [-0.4, -0.2) is 25.0 Å². The third-order valence-electron chi connectivity index (χ3n) is 3.82. The summed E-state index contributed by atoms with van der Waals surface area (Å²) in [5.74, 6) is -0.137. The van der Waals surface area contributed by atoms with Crippen molar-refractivity contribution in [2.45, 2.75) is 44.6 Å². The lowest BCUT2D eigenvalue weighted by atomic mass is 10.1. The molecule has 1 aromatic rings. The Labute approximate surface area is 136 Å². The molecule has 0 spiro atoms. The number of carbonyl (C=O) groups excluding carboxylic acids is 1. The Bertz CT molecular complexity index is 451. The maximum Gasteiger partial charge on any atom is 0.251 e. The molecule has 2 N–H and O–H groups in total. The van der Waals surface area contributed by atoms with Gasteiger partial charge in [0.25, 0.3) is 5.91 Å². The molecule has 0 bridgehead atoms. The Balaban J connectivity index is 1.71. The predicted octanol–water partition coefficient (Wildman–Crippen LogP) is 4.04. The normalized spacial score (nSPS) is 16.5. The molecule has 3 nitrogen and oxygen atoms in total. The molecule has 1 amide bonds. The molecule has 1 aliphatic rings. The number of benzene rings is 1. The van der Waals surface area contributed by atoms with Crippen molar-refractivity contribution >= 4 is 29.1 Å². The largest absolute Gasteiger partial charge is 0.351 e. The highest BCUT2D eigenvalue weighted by atomic mass is 35.5. The topological polar surface area (TPSA) is 41.1 Å². The molecule has 1 fully saturated rings. The van der Waals surface area contributed by atoms with E-state index in [1.807, 2.05) is 0 Å². The van der Waals surface area contributed by atoms with E-state index >= 15 is 0 Å². The minimum atomic E-state index is -0.137. The molecule has 0 atom stereocenters. The minimum absolute atomic E-state index is 0.137. The number of carbonyl (C=O) groups is 1. The minimum Gasteiger partial charge on any atom is -0.351 e. The SMILES string of the molecule is O=C(NCCNC1CCCCCC1)c1cc(Cl)cc(Cl)c1. The molecule has 1 saturated carbocycles. The molecule has 0 aliphatic heterocycles. The summed E-state index contributed by atoms with van der Waals surface area (Å²) in [4.78, 5) is 12.0. The first kappa shape index (κ1) is 16.6. The number of amides is 1. The number of hydrogen-bond acceptors (Lipinski definition) is 2. The van der Waals surface area contributed by atoms with E-state index in [4.69, 9.17) is 23.2 Å². The summed E-state index contributed by atoms with van der Waals surface area (Å²) in [6, 6.07) is 5.47. The highest BCUT2D eigenvalue weighted by Gasteiger charge is 2.11.